The first-order chi connectivity index (χ1) is 11.6. The molecule has 1 saturated carbocycles. The predicted octanol–water partition coefficient (Wildman–Crippen LogP) is 3.49. The van der Waals surface area contributed by atoms with Crippen molar-refractivity contribution in [2.75, 3.05) is 19.6 Å². The largest absolute Gasteiger partial charge is 0.387 e. The topological polar surface area (TPSA) is 35.5 Å². The lowest BCUT2D eigenvalue weighted by Crippen LogP contribution is -2.48. The van der Waals surface area contributed by atoms with Gasteiger partial charge in [-0.1, -0.05) is 31.9 Å². The van der Waals surface area contributed by atoms with Crippen LogP contribution in [-0.2, 0) is 0 Å². The fourth-order valence-electron chi connectivity index (χ4n) is 4.28. The van der Waals surface area contributed by atoms with Crippen LogP contribution in [0.5, 0.6) is 0 Å². The number of benzene rings is 1. The maximum Gasteiger partial charge on any atom is 0.123 e. The first kappa shape index (κ1) is 17.8. The normalized spacial score (nSPS) is 28.0. The lowest BCUT2D eigenvalue weighted by Gasteiger charge is -2.41. The van der Waals surface area contributed by atoms with Crippen molar-refractivity contribution in [3.63, 3.8) is 0 Å². The lowest BCUT2D eigenvalue weighted by molar-refractivity contribution is 0.0950. The van der Waals surface area contributed by atoms with E-state index < -0.39 is 6.10 Å². The minimum atomic E-state index is -0.567. The average molecular weight is 334 g/mol. The number of halogens is 1. The van der Waals surface area contributed by atoms with Crippen molar-refractivity contribution in [1.29, 1.82) is 0 Å². The third-order valence-corrected chi connectivity index (χ3v) is 5.81. The highest BCUT2D eigenvalue weighted by atomic mass is 19.1. The van der Waals surface area contributed by atoms with E-state index in [-0.39, 0.29) is 5.82 Å². The standard InChI is InChI=1S/C20H31FN2O/c1-15-3-2-4-19(13-15)23-11-9-18(10-12-23)22-14-20(24)16-5-7-17(21)8-6-16/h5-8,15,18-20,22,24H,2-4,9-14H2,1H3. The van der Waals surface area contributed by atoms with Crippen LogP contribution >= 0.6 is 0 Å². The van der Waals surface area contributed by atoms with Crippen molar-refractivity contribution < 1.29 is 9.50 Å². The van der Waals surface area contributed by atoms with Gasteiger partial charge in [0, 0.05) is 18.6 Å². The molecule has 1 aliphatic carbocycles. The van der Waals surface area contributed by atoms with Crippen LogP contribution in [0, 0.1) is 11.7 Å². The molecule has 3 atom stereocenters. The van der Waals surface area contributed by atoms with Gasteiger partial charge in [0.05, 0.1) is 6.10 Å². The summed E-state index contributed by atoms with van der Waals surface area (Å²) < 4.78 is 12.9. The molecule has 0 aromatic heterocycles. The molecule has 3 nitrogen and oxygen atoms in total. The Bertz CT molecular complexity index is 499. The molecular weight excluding hydrogens is 303 g/mol. The number of hydrogen-bond donors (Lipinski definition) is 2. The molecule has 2 N–H and O–H groups in total. The molecule has 0 radical (unpaired) electrons. The highest BCUT2D eigenvalue weighted by Crippen LogP contribution is 2.29. The lowest BCUT2D eigenvalue weighted by atomic mass is 9.85. The zero-order chi connectivity index (χ0) is 16.9. The van der Waals surface area contributed by atoms with Crippen molar-refractivity contribution in [1.82, 2.24) is 10.2 Å². The Morgan fingerprint density at radius 1 is 1.17 bits per heavy atom. The molecule has 3 rings (SSSR count). The summed E-state index contributed by atoms with van der Waals surface area (Å²) in [5, 5.41) is 13.7. The third kappa shape index (κ3) is 4.78. The van der Waals surface area contributed by atoms with Crippen molar-refractivity contribution >= 4 is 0 Å². The summed E-state index contributed by atoms with van der Waals surface area (Å²) in [7, 11) is 0. The van der Waals surface area contributed by atoms with E-state index in [1.807, 2.05) is 0 Å². The summed E-state index contributed by atoms with van der Waals surface area (Å²) >= 11 is 0. The highest BCUT2D eigenvalue weighted by molar-refractivity contribution is 5.18. The molecule has 24 heavy (non-hydrogen) atoms. The zero-order valence-corrected chi connectivity index (χ0v) is 14.8. The molecular formula is C20H31FN2O. The summed E-state index contributed by atoms with van der Waals surface area (Å²) in [5.41, 5.74) is 0.775. The third-order valence-electron chi connectivity index (χ3n) is 5.81. The second-order valence-electron chi connectivity index (χ2n) is 7.71. The first-order valence-electron chi connectivity index (χ1n) is 9.53. The van der Waals surface area contributed by atoms with Crippen LogP contribution in [0.1, 0.15) is 57.1 Å². The van der Waals surface area contributed by atoms with Crippen molar-refractivity contribution in [3.05, 3.63) is 35.6 Å². The van der Waals surface area contributed by atoms with Crippen LogP contribution in [0.15, 0.2) is 24.3 Å². The van der Waals surface area contributed by atoms with E-state index in [1.54, 1.807) is 12.1 Å². The fraction of sp³-hybridized carbons (Fsp3) is 0.700. The van der Waals surface area contributed by atoms with Gasteiger partial charge >= 0.3 is 0 Å². The maximum absolute atomic E-state index is 12.9. The Balaban J connectivity index is 1.40. The van der Waals surface area contributed by atoms with E-state index >= 15 is 0 Å². The van der Waals surface area contributed by atoms with Gasteiger partial charge in [-0.25, -0.2) is 4.39 Å². The number of likely N-dealkylation sites (tertiary alicyclic amines) is 1. The minimum absolute atomic E-state index is 0.261. The summed E-state index contributed by atoms with van der Waals surface area (Å²) in [6.45, 7) is 5.26. The van der Waals surface area contributed by atoms with Crippen LogP contribution in [0.2, 0.25) is 0 Å². The number of piperidine rings is 1. The summed E-state index contributed by atoms with van der Waals surface area (Å²) in [4.78, 5) is 2.68. The molecule has 2 fully saturated rings. The fourth-order valence-corrected chi connectivity index (χ4v) is 4.28. The number of nitrogens with zero attached hydrogens (tertiary/aromatic N) is 1. The van der Waals surface area contributed by atoms with E-state index in [0.29, 0.717) is 12.6 Å². The number of aliphatic hydroxyl groups is 1. The van der Waals surface area contributed by atoms with Crippen LogP contribution in [0.25, 0.3) is 0 Å². The quantitative estimate of drug-likeness (QED) is 0.865. The maximum atomic E-state index is 12.9. The first-order valence-corrected chi connectivity index (χ1v) is 9.53. The molecule has 1 aromatic carbocycles. The van der Waals surface area contributed by atoms with Gasteiger partial charge in [-0.15, -0.1) is 0 Å². The molecule has 1 saturated heterocycles. The molecule has 0 amide bonds. The van der Waals surface area contributed by atoms with E-state index in [1.165, 1.54) is 50.9 Å². The van der Waals surface area contributed by atoms with Gasteiger partial charge in [0.2, 0.25) is 0 Å². The number of hydrogen-bond acceptors (Lipinski definition) is 3. The van der Waals surface area contributed by atoms with Gasteiger partial charge in [0.25, 0.3) is 0 Å². The summed E-state index contributed by atoms with van der Waals surface area (Å²) in [6, 6.07) is 7.41. The van der Waals surface area contributed by atoms with Crippen LogP contribution in [0.3, 0.4) is 0 Å². The zero-order valence-electron chi connectivity index (χ0n) is 14.8. The van der Waals surface area contributed by atoms with Crippen LogP contribution in [-0.4, -0.2) is 41.7 Å². The number of aliphatic hydroxyl groups excluding tert-OH is 1. The molecule has 4 heteroatoms. The van der Waals surface area contributed by atoms with Gasteiger partial charge < -0.3 is 15.3 Å². The predicted molar refractivity (Wildman–Crippen MR) is 95.4 cm³/mol. The molecule has 0 spiro atoms. The van der Waals surface area contributed by atoms with Gasteiger partial charge in [-0.3, -0.25) is 0 Å². The van der Waals surface area contributed by atoms with Gasteiger partial charge in [0.15, 0.2) is 0 Å². The van der Waals surface area contributed by atoms with Gasteiger partial charge in [-0.2, -0.15) is 0 Å². The van der Waals surface area contributed by atoms with Crippen LogP contribution in [0.4, 0.5) is 4.39 Å². The Hall–Kier alpha value is -0.970. The van der Waals surface area contributed by atoms with E-state index in [9.17, 15) is 9.50 Å². The SMILES string of the molecule is CC1CCCC(N2CCC(NCC(O)c3ccc(F)cc3)CC2)C1. The minimum Gasteiger partial charge on any atom is -0.387 e. The Morgan fingerprint density at radius 3 is 2.54 bits per heavy atom. The molecule has 1 aliphatic heterocycles. The Morgan fingerprint density at radius 2 is 1.88 bits per heavy atom. The Labute approximate surface area is 145 Å². The monoisotopic (exact) mass is 334 g/mol. The van der Waals surface area contributed by atoms with Gasteiger partial charge in [-0.05, 0) is 62.4 Å². The van der Waals surface area contributed by atoms with E-state index in [2.05, 4.69) is 17.1 Å². The van der Waals surface area contributed by atoms with Crippen molar-refractivity contribution in [3.8, 4) is 0 Å². The highest BCUT2D eigenvalue weighted by Gasteiger charge is 2.28. The number of nitrogens with one attached hydrogen (secondary N) is 1. The molecule has 1 aromatic rings. The van der Waals surface area contributed by atoms with Gasteiger partial charge in [0.1, 0.15) is 5.82 Å². The smallest absolute Gasteiger partial charge is 0.123 e. The molecule has 1 heterocycles. The van der Waals surface area contributed by atoms with Crippen LogP contribution < -0.4 is 5.32 Å². The molecule has 134 valence electrons. The Kier molecular flexibility index (Phi) is 6.25. The van der Waals surface area contributed by atoms with Crippen molar-refractivity contribution in [2.45, 2.75) is 63.6 Å². The summed E-state index contributed by atoms with van der Waals surface area (Å²) in [6.07, 6.45) is 7.25. The summed E-state index contributed by atoms with van der Waals surface area (Å²) in [5.74, 6) is 0.619. The van der Waals surface area contributed by atoms with E-state index in [0.717, 1.165) is 30.4 Å². The second-order valence-corrected chi connectivity index (χ2v) is 7.71. The van der Waals surface area contributed by atoms with E-state index in [4.69, 9.17) is 0 Å². The molecule has 2 aliphatic rings. The second kappa shape index (κ2) is 8.41. The molecule has 0 bridgehead atoms. The molecule has 3 unspecified atom stereocenters. The number of rotatable bonds is 5. The van der Waals surface area contributed by atoms with Crippen molar-refractivity contribution in [2.24, 2.45) is 5.92 Å². The average Bonchev–Trinajstić information content (AvgIpc) is 2.61.